The van der Waals surface area contributed by atoms with E-state index >= 15 is 0 Å². The van der Waals surface area contributed by atoms with Crippen LogP contribution in [0.3, 0.4) is 0 Å². The lowest BCUT2D eigenvalue weighted by Gasteiger charge is -2.31. The van der Waals surface area contributed by atoms with Gasteiger partial charge in [0, 0.05) is 18.8 Å². The minimum absolute atomic E-state index is 0.381. The van der Waals surface area contributed by atoms with Gasteiger partial charge in [0.25, 0.3) is 0 Å². The summed E-state index contributed by atoms with van der Waals surface area (Å²) < 4.78 is 0. The summed E-state index contributed by atoms with van der Waals surface area (Å²) in [5, 5.41) is 9.10. The van der Waals surface area contributed by atoms with Crippen LogP contribution in [0.25, 0.3) is 0 Å². The fraction of sp³-hybridized carbons (Fsp3) is 0.278. The van der Waals surface area contributed by atoms with Crippen LogP contribution >= 0.6 is 0 Å². The van der Waals surface area contributed by atoms with Crippen molar-refractivity contribution in [2.75, 3.05) is 11.4 Å². The van der Waals surface area contributed by atoms with Crippen LogP contribution in [-0.2, 0) is 13.0 Å². The van der Waals surface area contributed by atoms with Crippen LogP contribution in [0.2, 0.25) is 0 Å². The van der Waals surface area contributed by atoms with Gasteiger partial charge in [0.05, 0.1) is 5.56 Å². The number of aromatic carboxylic acids is 1. The molecule has 0 spiro atoms. The minimum atomic E-state index is -0.853. The van der Waals surface area contributed by atoms with Crippen LogP contribution < -0.4 is 4.90 Å². The molecule has 0 saturated carbocycles. The van der Waals surface area contributed by atoms with Crippen LogP contribution in [0.4, 0.5) is 5.69 Å². The second-order valence-electron chi connectivity index (χ2n) is 5.66. The number of hydrogen-bond donors (Lipinski definition) is 1. The summed E-state index contributed by atoms with van der Waals surface area (Å²) >= 11 is 0. The number of carboxylic acids is 1. The summed E-state index contributed by atoms with van der Waals surface area (Å²) in [7, 11) is 0. The van der Waals surface area contributed by atoms with Crippen LogP contribution in [0, 0.1) is 6.92 Å². The molecule has 0 atom stereocenters. The highest BCUT2D eigenvalue weighted by Crippen LogP contribution is 2.29. The van der Waals surface area contributed by atoms with Crippen molar-refractivity contribution in [3.8, 4) is 0 Å². The molecule has 1 aliphatic heterocycles. The SMILES string of the molecule is Cc1cccc(CN2CCCc3cc(C(=O)O)ccc32)c1. The van der Waals surface area contributed by atoms with Crippen molar-refractivity contribution in [1.82, 2.24) is 0 Å². The van der Waals surface area contributed by atoms with Gasteiger partial charge in [0.2, 0.25) is 0 Å². The molecule has 0 fully saturated rings. The Morgan fingerprint density at radius 3 is 2.86 bits per heavy atom. The molecule has 1 heterocycles. The third-order valence-corrected chi connectivity index (χ3v) is 4.00. The van der Waals surface area contributed by atoms with Crippen LogP contribution in [0.5, 0.6) is 0 Å². The van der Waals surface area contributed by atoms with Crippen molar-refractivity contribution in [3.63, 3.8) is 0 Å². The fourth-order valence-electron chi connectivity index (χ4n) is 3.00. The Balaban J connectivity index is 1.88. The Kier molecular flexibility index (Phi) is 3.65. The molecule has 2 aromatic rings. The van der Waals surface area contributed by atoms with Gasteiger partial charge in [-0.25, -0.2) is 4.79 Å². The number of carboxylic acid groups (broad SMARTS) is 1. The van der Waals surface area contributed by atoms with E-state index in [9.17, 15) is 4.79 Å². The smallest absolute Gasteiger partial charge is 0.335 e. The maximum atomic E-state index is 11.1. The van der Waals surface area contributed by atoms with Crippen molar-refractivity contribution in [2.45, 2.75) is 26.3 Å². The number of rotatable bonds is 3. The summed E-state index contributed by atoms with van der Waals surface area (Å²) in [6, 6.07) is 14.0. The number of benzene rings is 2. The highest BCUT2D eigenvalue weighted by molar-refractivity contribution is 5.88. The molecule has 108 valence electrons. The molecule has 0 saturated heterocycles. The average molecular weight is 281 g/mol. The van der Waals surface area contributed by atoms with Gasteiger partial charge >= 0.3 is 5.97 Å². The molecule has 0 aromatic heterocycles. The van der Waals surface area contributed by atoms with Crippen LogP contribution in [-0.4, -0.2) is 17.6 Å². The number of nitrogens with zero attached hydrogens (tertiary/aromatic N) is 1. The van der Waals surface area contributed by atoms with E-state index in [1.807, 2.05) is 12.1 Å². The molecule has 1 aliphatic rings. The predicted octanol–water partition coefficient (Wildman–Crippen LogP) is 3.65. The molecule has 2 aromatic carbocycles. The van der Waals surface area contributed by atoms with E-state index < -0.39 is 5.97 Å². The van der Waals surface area contributed by atoms with E-state index in [1.165, 1.54) is 16.8 Å². The number of anilines is 1. The molecular formula is C18H19NO2. The van der Waals surface area contributed by atoms with Crippen molar-refractivity contribution in [3.05, 3.63) is 64.7 Å². The van der Waals surface area contributed by atoms with Crippen molar-refractivity contribution < 1.29 is 9.90 Å². The molecule has 3 heteroatoms. The van der Waals surface area contributed by atoms with Crippen molar-refractivity contribution >= 4 is 11.7 Å². The summed E-state index contributed by atoms with van der Waals surface area (Å²) in [5.41, 5.74) is 5.27. The lowest BCUT2D eigenvalue weighted by Crippen LogP contribution is -2.29. The van der Waals surface area contributed by atoms with Gasteiger partial charge < -0.3 is 10.0 Å². The highest BCUT2D eigenvalue weighted by atomic mass is 16.4. The zero-order valence-electron chi connectivity index (χ0n) is 12.2. The third kappa shape index (κ3) is 2.92. The zero-order valence-corrected chi connectivity index (χ0v) is 12.2. The van der Waals surface area contributed by atoms with Gasteiger partial charge in [-0.15, -0.1) is 0 Å². The third-order valence-electron chi connectivity index (χ3n) is 4.00. The molecule has 3 rings (SSSR count). The van der Waals surface area contributed by atoms with Gasteiger partial charge in [-0.05, 0) is 49.1 Å². The Bertz CT molecular complexity index is 679. The Labute approximate surface area is 124 Å². The van der Waals surface area contributed by atoms with Gasteiger partial charge in [0.1, 0.15) is 0 Å². The maximum absolute atomic E-state index is 11.1. The fourth-order valence-corrected chi connectivity index (χ4v) is 3.00. The quantitative estimate of drug-likeness (QED) is 0.933. The normalized spacial score (nSPS) is 13.9. The lowest BCUT2D eigenvalue weighted by atomic mass is 9.98. The lowest BCUT2D eigenvalue weighted by molar-refractivity contribution is 0.0697. The van der Waals surface area contributed by atoms with E-state index in [1.54, 1.807) is 6.07 Å². The topological polar surface area (TPSA) is 40.5 Å². The summed E-state index contributed by atoms with van der Waals surface area (Å²) in [5.74, 6) is -0.853. The van der Waals surface area contributed by atoms with Crippen molar-refractivity contribution in [1.29, 1.82) is 0 Å². The second-order valence-corrected chi connectivity index (χ2v) is 5.66. The molecule has 0 bridgehead atoms. The Hall–Kier alpha value is -2.29. The average Bonchev–Trinajstić information content (AvgIpc) is 2.47. The van der Waals surface area contributed by atoms with E-state index in [0.29, 0.717) is 5.56 Å². The van der Waals surface area contributed by atoms with Crippen LogP contribution in [0.15, 0.2) is 42.5 Å². The molecule has 3 nitrogen and oxygen atoms in total. The molecule has 21 heavy (non-hydrogen) atoms. The number of aryl methyl sites for hydroxylation is 2. The predicted molar refractivity (Wildman–Crippen MR) is 84.0 cm³/mol. The van der Waals surface area contributed by atoms with Crippen molar-refractivity contribution in [2.24, 2.45) is 0 Å². The van der Waals surface area contributed by atoms with E-state index in [0.717, 1.165) is 31.5 Å². The zero-order chi connectivity index (χ0) is 14.8. The molecule has 0 radical (unpaired) electrons. The molecular weight excluding hydrogens is 262 g/mol. The standard InChI is InChI=1S/C18H19NO2/c1-13-4-2-5-14(10-13)12-19-9-3-6-15-11-16(18(20)21)7-8-17(15)19/h2,4-5,7-8,10-11H,3,6,9,12H2,1H3,(H,20,21). The van der Waals surface area contributed by atoms with E-state index in [2.05, 4.69) is 36.1 Å². The van der Waals surface area contributed by atoms with Gasteiger partial charge in [0.15, 0.2) is 0 Å². The van der Waals surface area contributed by atoms with E-state index in [4.69, 9.17) is 5.11 Å². The maximum Gasteiger partial charge on any atom is 0.335 e. The van der Waals surface area contributed by atoms with Crippen LogP contribution in [0.1, 0.15) is 33.5 Å². The van der Waals surface area contributed by atoms with Gasteiger partial charge in [-0.1, -0.05) is 29.8 Å². The Morgan fingerprint density at radius 2 is 2.10 bits per heavy atom. The first-order valence-corrected chi connectivity index (χ1v) is 7.30. The summed E-state index contributed by atoms with van der Waals surface area (Å²) in [6.45, 7) is 4.00. The first kappa shape index (κ1) is 13.7. The molecule has 1 N–H and O–H groups in total. The second kappa shape index (κ2) is 5.60. The first-order valence-electron chi connectivity index (χ1n) is 7.30. The summed E-state index contributed by atoms with van der Waals surface area (Å²) in [4.78, 5) is 13.4. The molecule has 0 amide bonds. The summed E-state index contributed by atoms with van der Waals surface area (Å²) in [6.07, 6.45) is 2.03. The van der Waals surface area contributed by atoms with E-state index in [-0.39, 0.29) is 0 Å². The molecule has 0 unspecified atom stereocenters. The highest BCUT2D eigenvalue weighted by Gasteiger charge is 2.18. The number of carbonyl (C=O) groups is 1. The number of fused-ring (bicyclic) bond motifs is 1. The molecule has 0 aliphatic carbocycles. The van der Waals surface area contributed by atoms with Gasteiger partial charge in [-0.2, -0.15) is 0 Å². The van der Waals surface area contributed by atoms with Gasteiger partial charge in [-0.3, -0.25) is 0 Å². The minimum Gasteiger partial charge on any atom is -0.478 e. The monoisotopic (exact) mass is 281 g/mol. The largest absolute Gasteiger partial charge is 0.478 e. The number of hydrogen-bond acceptors (Lipinski definition) is 2. The Morgan fingerprint density at radius 1 is 1.24 bits per heavy atom. The first-order chi connectivity index (χ1) is 10.1.